The molecule has 0 aliphatic heterocycles. The number of anilines is 1. The van der Waals surface area contributed by atoms with Crippen molar-refractivity contribution < 1.29 is 9.50 Å². The first-order valence-corrected chi connectivity index (χ1v) is 7.80. The van der Waals surface area contributed by atoms with E-state index in [1.165, 1.54) is 18.5 Å². The number of phenolic OH excluding ortho intramolecular Hbond substituents is 1. The zero-order chi connectivity index (χ0) is 17.2. The molecule has 25 heavy (non-hydrogen) atoms. The average Bonchev–Trinajstić information content (AvgIpc) is 3.06. The largest absolute Gasteiger partial charge is 0.508 e. The van der Waals surface area contributed by atoms with E-state index in [-0.39, 0.29) is 11.6 Å². The van der Waals surface area contributed by atoms with Crippen molar-refractivity contribution in [1.29, 1.82) is 0 Å². The second-order valence-electron chi connectivity index (χ2n) is 5.69. The van der Waals surface area contributed by atoms with Gasteiger partial charge in [-0.15, -0.1) is 0 Å². The summed E-state index contributed by atoms with van der Waals surface area (Å²) in [6.07, 6.45) is 1.49. The Morgan fingerprint density at radius 2 is 1.76 bits per heavy atom. The number of nitrogens with zero attached hydrogens (tertiary/aromatic N) is 2. The van der Waals surface area contributed by atoms with Crippen LogP contribution in [0.15, 0.2) is 60.9 Å². The van der Waals surface area contributed by atoms with E-state index in [0.29, 0.717) is 12.4 Å². The lowest BCUT2D eigenvalue weighted by Crippen LogP contribution is -2.02. The number of aromatic nitrogens is 3. The van der Waals surface area contributed by atoms with Crippen LogP contribution in [0.4, 0.5) is 10.2 Å². The molecule has 4 rings (SSSR count). The maximum absolute atomic E-state index is 13.0. The number of aromatic amines is 1. The highest BCUT2D eigenvalue weighted by molar-refractivity contribution is 5.91. The first-order chi connectivity index (χ1) is 12.2. The highest BCUT2D eigenvalue weighted by Gasteiger charge is 2.09. The molecule has 0 amide bonds. The molecule has 5 nitrogen and oxygen atoms in total. The van der Waals surface area contributed by atoms with Gasteiger partial charge in [0.15, 0.2) is 0 Å². The molecule has 2 heterocycles. The molecule has 0 aliphatic carbocycles. The minimum atomic E-state index is -0.252. The van der Waals surface area contributed by atoms with Gasteiger partial charge in [0.05, 0.1) is 5.39 Å². The molecule has 124 valence electrons. The average molecular weight is 334 g/mol. The van der Waals surface area contributed by atoms with Crippen molar-refractivity contribution in [1.82, 2.24) is 15.0 Å². The zero-order valence-electron chi connectivity index (χ0n) is 13.2. The molecule has 0 saturated heterocycles. The summed E-state index contributed by atoms with van der Waals surface area (Å²) in [6, 6.07) is 15.3. The molecule has 0 spiro atoms. The first-order valence-electron chi connectivity index (χ1n) is 7.80. The van der Waals surface area contributed by atoms with Gasteiger partial charge in [0, 0.05) is 12.2 Å². The smallest absolute Gasteiger partial charge is 0.143 e. The van der Waals surface area contributed by atoms with Gasteiger partial charge in [0.25, 0.3) is 0 Å². The summed E-state index contributed by atoms with van der Waals surface area (Å²) in [4.78, 5) is 11.8. The third-order valence-electron chi connectivity index (χ3n) is 3.98. The SMILES string of the molecule is Oc1ccc(-c2cc3c(NCc4ccc(F)cc4)ncnc3[nH]2)cc1. The molecule has 6 heteroatoms. The van der Waals surface area contributed by atoms with Crippen molar-refractivity contribution in [3.63, 3.8) is 0 Å². The lowest BCUT2D eigenvalue weighted by atomic mass is 10.1. The third kappa shape index (κ3) is 3.14. The monoisotopic (exact) mass is 334 g/mol. The predicted octanol–water partition coefficient (Wildman–Crippen LogP) is 4.08. The second kappa shape index (κ2) is 6.24. The number of hydrogen-bond donors (Lipinski definition) is 3. The van der Waals surface area contributed by atoms with E-state index in [0.717, 1.165) is 27.9 Å². The Morgan fingerprint density at radius 1 is 1.00 bits per heavy atom. The van der Waals surface area contributed by atoms with E-state index < -0.39 is 0 Å². The van der Waals surface area contributed by atoms with Crippen LogP contribution in [0, 0.1) is 5.82 Å². The van der Waals surface area contributed by atoms with Gasteiger partial charge in [-0.05, 0) is 53.6 Å². The van der Waals surface area contributed by atoms with Crippen molar-refractivity contribution in [2.24, 2.45) is 0 Å². The van der Waals surface area contributed by atoms with Gasteiger partial charge < -0.3 is 15.4 Å². The lowest BCUT2D eigenvalue weighted by Gasteiger charge is -2.06. The molecule has 0 bridgehead atoms. The van der Waals surface area contributed by atoms with Crippen LogP contribution in [-0.2, 0) is 6.54 Å². The van der Waals surface area contributed by atoms with Gasteiger partial charge in [-0.1, -0.05) is 12.1 Å². The Labute approximate surface area is 143 Å². The summed E-state index contributed by atoms with van der Waals surface area (Å²) in [5.74, 6) is 0.675. The third-order valence-corrected chi connectivity index (χ3v) is 3.98. The molecule has 0 radical (unpaired) electrons. The van der Waals surface area contributed by atoms with Gasteiger partial charge in [0.1, 0.15) is 29.4 Å². The second-order valence-corrected chi connectivity index (χ2v) is 5.69. The Morgan fingerprint density at radius 3 is 2.52 bits per heavy atom. The number of benzene rings is 2. The molecule has 0 aliphatic rings. The molecule has 0 fully saturated rings. The minimum Gasteiger partial charge on any atom is -0.508 e. The molecular weight excluding hydrogens is 319 g/mol. The van der Waals surface area contributed by atoms with Crippen molar-refractivity contribution in [3.8, 4) is 17.0 Å². The van der Waals surface area contributed by atoms with E-state index >= 15 is 0 Å². The number of halogens is 1. The molecule has 4 aromatic rings. The summed E-state index contributed by atoms with van der Waals surface area (Å²) < 4.78 is 13.0. The molecule has 3 N–H and O–H groups in total. The topological polar surface area (TPSA) is 73.8 Å². The Balaban J connectivity index is 1.63. The fourth-order valence-corrected chi connectivity index (χ4v) is 2.67. The fraction of sp³-hybridized carbons (Fsp3) is 0.0526. The van der Waals surface area contributed by atoms with Crippen LogP contribution in [0.3, 0.4) is 0 Å². The summed E-state index contributed by atoms with van der Waals surface area (Å²) in [7, 11) is 0. The van der Waals surface area contributed by atoms with E-state index in [1.54, 1.807) is 24.3 Å². The van der Waals surface area contributed by atoms with Gasteiger partial charge in [0.2, 0.25) is 0 Å². The Hall–Kier alpha value is -3.41. The Kier molecular flexibility index (Phi) is 3.78. The van der Waals surface area contributed by atoms with Crippen molar-refractivity contribution in [3.05, 3.63) is 72.3 Å². The van der Waals surface area contributed by atoms with Crippen molar-refractivity contribution in [2.75, 3.05) is 5.32 Å². The maximum Gasteiger partial charge on any atom is 0.143 e. The standard InChI is InChI=1S/C19H15FN4O/c20-14-5-1-12(2-6-14)10-21-18-16-9-17(24-19(16)23-11-22-18)13-3-7-15(25)8-4-13/h1-9,11,25H,10H2,(H2,21,22,23,24). The minimum absolute atomic E-state index is 0.223. The molecule has 0 atom stereocenters. The summed E-state index contributed by atoms with van der Waals surface area (Å²) in [5.41, 5.74) is 3.52. The van der Waals surface area contributed by atoms with E-state index in [4.69, 9.17) is 0 Å². The summed E-state index contributed by atoms with van der Waals surface area (Å²) in [5, 5.41) is 13.5. The zero-order valence-corrected chi connectivity index (χ0v) is 13.2. The normalized spacial score (nSPS) is 10.9. The highest BCUT2D eigenvalue weighted by Crippen LogP contribution is 2.27. The van der Waals surface area contributed by atoms with Gasteiger partial charge >= 0.3 is 0 Å². The number of nitrogens with one attached hydrogen (secondary N) is 2. The molecule has 0 unspecified atom stereocenters. The summed E-state index contributed by atoms with van der Waals surface area (Å²) in [6.45, 7) is 0.534. The summed E-state index contributed by atoms with van der Waals surface area (Å²) >= 11 is 0. The molecular formula is C19H15FN4O. The van der Waals surface area contributed by atoms with Crippen LogP contribution in [0.1, 0.15) is 5.56 Å². The van der Waals surface area contributed by atoms with E-state index in [9.17, 15) is 9.50 Å². The van der Waals surface area contributed by atoms with Crippen LogP contribution in [-0.4, -0.2) is 20.1 Å². The quantitative estimate of drug-likeness (QED) is 0.526. The van der Waals surface area contributed by atoms with Crippen LogP contribution in [0.25, 0.3) is 22.3 Å². The maximum atomic E-state index is 13.0. The number of aromatic hydroxyl groups is 1. The molecule has 2 aromatic carbocycles. The van der Waals surface area contributed by atoms with Crippen LogP contribution in [0.5, 0.6) is 5.75 Å². The van der Waals surface area contributed by atoms with Gasteiger partial charge in [-0.3, -0.25) is 0 Å². The van der Waals surface area contributed by atoms with Gasteiger partial charge in [-0.2, -0.15) is 0 Å². The van der Waals surface area contributed by atoms with E-state index in [1.807, 2.05) is 18.2 Å². The van der Waals surface area contributed by atoms with E-state index in [2.05, 4.69) is 20.3 Å². The van der Waals surface area contributed by atoms with Crippen molar-refractivity contribution in [2.45, 2.75) is 6.54 Å². The molecule has 0 saturated carbocycles. The predicted molar refractivity (Wildman–Crippen MR) is 94.7 cm³/mol. The Bertz CT molecular complexity index is 1010. The number of rotatable bonds is 4. The highest BCUT2D eigenvalue weighted by atomic mass is 19.1. The van der Waals surface area contributed by atoms with Gasteiger partial charge in [-0.25, -0.2) is 14.4 Å². The first kappa shape index (κ1) is 15.1. The number of phenols is 1. The number of fused-ring (bicyclic) bond motifs is 1. The number of H-pyrrole nitrogens is 1. The lowest BCUT2D eigenvalue weighted by molar-refractivity contribution is 0.475. The number of hydrogen-bond acceptors (Lipinski definition) is 4. The van der Waals surface area contributed by atoms with Crippen molar-refractivity contribution >= 4 is 16.9 Å². The fourth-order valence-electron chi connectivity index (χ4n) is 2.67. The van der Waals surface area contributed by atoms with Crippen LogP contribution in [0.2, 0.25) is 0 Å². The molecule has 2 aromatic heterocycles. The van der Waals surface area contributed by atoms with Crippen LogP contribution >= 0.6 is 0 Å². The van der Waals surface area contributed by atoms with Crippen LogP contribution < -0.4 is 5.32 Å².